The van der Waals surface area contributed by atoms with E-state index in [1.807, 2.05) is 16.7 Å². The molecule has 7 nitrogen and oxygen atoms in total. The molecule has 10 aromatic rings. The molecule has 210 valence electrons. The molecule has 45 heavy (non-hydrogen) atoms. The summed E-state index contributed by atoms with van der Waals surface area (Å²) in [5, 5.41) is 6.76. The van der Waals surface area contributed by atoms with Crippen LogP contribution in [0.15, 0.2) is 128 Å². The van der Waals surface area contributed by atoms with Gasteiger partial charge in [-0.1, -0.05) is 66.7 Å². The van der Waals surface area contributed by atoms with Crippen LogP contribution in [0.1, 0.15) is 0 Å². The molecule has 0 N–H and O–H groups in total. The van der Waals surface area contributed by atoms with Gasteiger partial charge in [-0.05, 0) is 48.5 Å². The van der Waals surface area contributed by atoms with Crippen LogP contribution in [0.3, 0.4) is 0 Å². The van der Waals surface area contributed by atoms with Crippen molar-refractivity contribution in [1.82, 2.24) is 34.1 Å². The van der Waals surface area contributed by atoms with Crippen LogP contribution in [-0.2, 0) is 0 Å². The van der Waals surface area contributed by atoms with Gasteiger partial charge in [0.1, 0.15) is 11.3 Å². The van der Waals surface area contributed by atoms with E-state index in [0.29, 0.717) is 17.7 Å². The fraction of sp³-hybridized carbons (Fsp3) is 0. The normalized spacial score (nSPS) is 12.0. The Bertz CT molecular complexity index is 2550. The number of nitrogens with zero attached hydrogens (tertiary/aromatic N) is 7. The predicted molar refractivity (Wildman–Crippen MR) is 182 cm³/mol. The third kappa shape index (κ3) is 3.54. The van der Waals surface area contributed by atoms with Gasteiger partial charge in [0.2, 0.25) is 11.9 Å². The lowest BCUT2D eigenvalue weighted by Crippen LogP contribution is -2.10. The standard InChI is InChI=1S/C37H21N7S/c1-4-14-29-23(9-1)24-10-2-5-15-30(24)43(29)36-40-33(22-17-18-26-25-11-3-6-16-31(25)45-32(26)21-22)41-37(42-36)44-34-27(12-7-19-38-34)28-13-8-20-39-35(28)44/h1-21H. The van der Waals surface area contributed by atoms with Crippen molar-refractivity contribution in [2.45, 2.75) is 0 Å². The van der Waals surface area contributed by atoms with Crippen molar-refractivity contribution in [3.05, 3.63) is 128 Å². The Kier molecular flexibility index (Phi) is 5.03. The zero-order valence-electron chi connectivity index (χ0n) is 23.7. The van der Waals surface area contributed by atoms with Crippen molar-refractivity contribution in [1.29, 1.82) is 0 Å². The van der Waals surface area contributed by atoms with E-state index in [1.165, 1.54) is 20.2 Å². The lowest BCUT2D eigenvalue weighted by atomic mass is 10.1. The van der Waals surface area contributed by atoms with Gasteiger partial charge in [0, 0.05) is 59.7 Å². The van der Waals surface area contributed by atoms with Gasteiger partial charge in [0.25, 0.3) is 0 Å². The Morgan fingerprint density at radius 1 is 0.444 bits per heavy atom. The highest BCUT2D eigenvalue weighted by atomic mass is 32.1. The van der Waals surface area contributed by atoms with Gasteiger partial charge in [-0.15, -0.1) is 11.3 Å². The molecule has 6 aromatic heterocycles. The number of aromatic nitrogens is 7. The van der Waals surface area contributed by atoms with Crippen LogP contribution < -0.4 is 0 Å². The first kappa shape index (κ1) is 24.5. The molecule has 0 bridgehead atoms. The van der Waals surface area contributed by atoms with Crippen molar-refractivity contribution in [3.8, 4) is 23.3 Å². The summed E-state index contributed by atoms with van der Waals surface area (Å²) in [6, 6.07) is 39.8. The first-order chi connectivity index (χ1) is 22.3. The number of pyridine rings is 2. The first-order valence-electron chi connectivity index (χ1n) is 14.7. The molecule has 0 amide bonds. The SMILES string of the molecule is c1ccc2c(c1)sc1cc(-c3nc(-n4c5ccccc5c5ccccc54)nc(-n4c5ncccc5c5cccnc54)n3)ccc12. The van der Waals surface area contributed by atoms with Gasteiger partial charge < -0.3 is 0 Å². The lowest BCUT2D eigenvalue weighted by Gasteiger charge is -2.12. The summed E-state index contributed by atoms with van der Waals surface area (Å²) >= 11 is 1.78. The zero-order chi connectivity index (χ0) is 29.5. The molecule has 0 saturated heterocycles. The van der Waals surface area contributed by atoms with Crippen molar-refractivity contribution in [2.75, 3.05) is 0 Å². The summed E-state index contributed by atoms with van der Waals surface area (Å²) in [5.74, 6) is 1.58. The third-order valence-electron chi connectivity index (χ3n) is 8.52. The van der Waals surface area contributed by atoms with Crippen molar-refractivity contribution >= 4 is 75.4 Å². The maximum absolute atomic E-state index is 5.17. The van der Waals surface area contributed by atoms with Gasteiger partial charge in [-0.25, -0.2) is 14.5 Å². The molecule has 0 spiro atoms. The third-order valence-corrected chi connectivity index (χ3v) is 9.65. The first-order valence-corrected chi connectivity index (χ1v) is 15.5. The van der Waals surface area contributed by atoms with Crippen LogP contribution in [0.25, 0.3) is 87.3 Å². The monoisotopic (exact) mass is 595 g/mol. The summed E-state index contributed by atoms with van der Waals surface area (Å²) in [4.78, 5) is 25.0. The maximum atomic E-state index is 5.17. The van der Waals surface area contributed by atoms with E-state index >= 15 is 0 Å². The Hall–Kier alpha value is -5.99. The number of thiophene rings is 1. The average molecular weight is 596 g/mol. The second kappa shape index (κ2) is 9.25. The summed E-state index contributed by atoms with van der Waals surface area (Å²) in [6.45, 7) is 0. The molecule has 0 radical (unpaired) electrons. The van der Waals surface area contributed by atoms with Gasteiger partial charge >= 0.3 is 0 Å². The molecule has 0 fully saturated rings. The summed E-state index contributed by atoms with van der Waals surface area (Å²) < 4.78 is 6.53. The highest BCUT2D eigenvalue weighted by Crippen LogP contribution is 2.37. The van der Waals surface area contributed by atoms with Crippen LogP contribution >= 0.6 is 11.3 Å². The fourth-order valence-corrected chi connectivity index (χ4v) is 7.69. The van der Waals surface area contributed by atoms with E-state index in [2.05, 4.69) is 108 Å². The molecule has 6 heterocycles. The van der Waals surface area contributed by atoms with E-state index in [1.54, 1.807) is 23.7 Å². The Labute approximate surface area is 259 Å². The molecule has 0 unspecified atom stereocenters. The molecule has 0 aliphatic heterocycles. The van der Waals surface area contributed by atoms with Crippen LogP contribution in [0, 0.1) is 0 Å². The zero-order valence-corrected chi connectivity index (χ0v) is 24.5. The van der Waals surface area contributed by atoms with Gasteiger partial charge in [0.05, 0.1) is 11.0 Å². The largest absolute Gasteiger partial charge is 0.278 e. The molecule has 0 atom stereocenters. The van der Waals surface area contributed by atoms with E-state index < -0.39 is 0 Å². The molecule has 10 rings (SSSR count). The highest BCUT2D eigenvalue weighted by Gasteiger charge is 2.21. The highest BCUT2D eigenvalue weighted by molar-refractivity contribution is 7.25. The molecular weight excluding hydrogens is 575 g/mol. The minimum atomic E-state index is 0.464. The Morgan fingerprint density at radius 2 is 1.00 bits per heavy atom. The minimum Gasteiger partial charge on any atom is -0.278 e. The van der Waals surface area contributed by atoms with Crippen molar-refractivity contribution in [3.63, 3.8) is 0 Å². The molecule has 0 saturated carbocycles. The van der Waals surface area contributed by atoms with E-state index in [0.717, 1.165) is 49.4 Å². The van der Waals surface area contributed by atoms with Gasteiger partial charge in [-0.3, -0.25) is 4.57 Å². The second-order valence-corrected chi connectivity index (χ2v) is 12.1. The van der Waals surface area contributed by atoms with Gasteiger partial charge in [-0.2, -0.15) is 15.0 Å². The van der Waals surface area contributed by atoms with Crippen molar-refractivity contribution in [2.24, 2.45) is 0 Å². The summed E-state index contributed by atoms with van der Waals surface area (Å²) in [7, 11) is 0. The van der Waals surface area contributed by atoms with E-state index in [4.69, 9.17) is 24.9 Å². The molecular formula is C37H21N7S. The second-order valence-electron chi connectivity index (χ2n) is 11.0. The van der Waals surface area contributed by atoms with Crippen LogP contribution in [-0.4, -0.2) is 34.1 Å². The number of fused-ring (bicyclic) bond motifs is 9. The molecule has 0 aliphatic rings. The number of hydrogen-bond acceptors (Lipinski definition) is 6. The molecule has 8 heteroatoms. The number of rotatable bonds is 3. The average Bonchev–Trinajstić information content (AvgIpc) is 3.75. The van der Waals surface area contributed by atoms with Crippen molar-refractivity contribution < 1.29 is 0 Å². The van der Waals surface area contributed by atoms with Gasteiger partial charge in [0.15, 0.2) is 5.82 Å². The number of para-hydroxylation sites is 2. The predicted octanol–water partition coefficient (Wildman–Crippen LogP) is 8.89. The molecule has 0 aliphatic carbocycles. The summed E-state index contributed by atoms with van der Waals surface area (Å²) in [6.07, 6.45) is 3.59. The quantitative estimate of drug-likeness (QED) is 0.204. The van der Waals surface area contributed by atoms with Crippen LogP contribution in [0.4, 0.5) is 0 Å². The maximum Gasteiger partial charge on any atom is 0.242 e. The lowest BCUT2D eigenvalue weighted by molar-refractivity contribution is 0.883. The Morgan fingerprint density at radius 3 is 1.69 bits per heavy atom. The molecule has 4 aromatic carbocycles. The van der Waals surface area contributed by atoms with Crippen LogP contribution in [0.5, 0.6) is 0 Å². The smallest absolute Gasteiger partial charge is 0.242 e. The minimum absolute atomic E-state index is 0.464. The fourth-order valence-electron chi connectivity index (χ4n) is 6.55. The summed E-state index contributed by atoms with van der Waals surface area (Å²) in [5.41, 5.74) is 4.47. The Balaban J connectivity index is 1.31. The van der Waals surface area contributed by atoms with Crippen LogP contribution in [0.2, 0.25) is 0 Å². The number of benzene rings is 4. The van der Waals surface area contributed by atoms with E-state index in [-0.39, 0.29) is 0 Å². The topological polar surface area (TPSA) is 74.3 Å². The van der Waals surface area contributed by atoms with E-state index in [9.17, 15) is 0 Å². The number of hydrogen-bond donors (Lipinski definition) is 0.